The van der Waals surface area contributed by atoms with Crippen LogP contribution in [0.4, 0.5) is 0 Å². The summed E-state index contributed by atoms with van der Waals surface area (Å²) in [6.45, 7) is 0.972. The van der Waals surface area contributed by atoms with Gasteiger partial charge in [0.1, 0.15) is 0 Å². The van der Waals surface area contributed by atoms with Crippen LogP contribution in [0.3, 0.4) is 0 Å². The quantitative estimate of drug-likeness (QED) is 0.127. The van der Waals surface area contributed by atoms with Crippen molar-refractivity contribution in [1.82, 2.24) is 39.3 Å². The minimum atomic E-state index is -2.07. The number of aliphatic carboxylic acids is 1. The van der Waals surface area contributed by atoms with E-state index >= 15 is 0 Å². The summed E-state index contributed by atoms with van der Waals surface area (Å²) in [5.41, 5.74) is 14.7. The number of hydrogen-bond acceptors (Lipinski definition) is 7. The molecule has 12 aromatic rings. The van der Waals surface area contributed by atoms with Crippen molar-refractivity contribution in [2.75, 3.05) is 0 Å². The third kappa shape index (κ3) is 11.7. The van der Waals surface area contributed by atoms with Gasteiger partial charge in [-0.25, -0.2) is 15.3 Å². The fourth-order valence-corrected chi connectivity index (χ4v) is 8.96. The van der Waals surface area contributed by atoms with Crippen molar-refractivity contribution in [2.45, 2.75) is 6.92 Å². The van der Waals surface area contributed by atoms with Crippen LogP contribution in [0.15, 0.2) is 261 Å². The Hall–Kier alpha value is -9.55. The number of carboxylic acid groups (broad SMARTS) is 1. The summed E-state index contributed by atoms with van der Waals surface area (Å²) in [6, 6.07) is 87.1. The Labute approximate surface area is 445 Å². The molecule has 0 atom stereocenters. The van der Waals surface area contributed by atoms with Gasteiger partial charge in [-0.1, -0.05) is 242 Å². The first-order valence-corrected chi connectivity index (χ1v) is 24.2. The van der Waals surface area contributed by atoms with Gasteiger partial charge in [-0.15, -0.1) is 0 Å². The summed E-state index contributed by atoms with van der Waals surface area (Å²) >= 11 is 0. The standard InChI is InChI=1S/C45H34BN6O.C15H12N2.C2H4O2.Fe/c53-45-29-17-16-28-38(45)41-32-44(37-26-14-5-15-27-37)52(49-41)46(50-42(35-22-10-3-11-23-35)30-39(47-50)33-18-6-1-7-19-33)51-43(36-24-12-4-13-25-36)31-40(48-51)34-20-8-2-9-21-34;1-3-7-12(8-4-1)14-11-15(17-16-14)13-9-5-2-6-10-13;1-2(3)4;/h1-32,46,53H;1-11H,(H,16,17);1H3,(H,3,4);/q-1;;;+3/p-2. The van der Waals surface area contributed by atoms with E-state index in [0.29, 0.717) is 11.3 Å². The van der Waals surface area contributed by atoms with Crippen LogP contribution in [0, 0.1) is 0 Å². The monoisotopic (exact) mass is 1020 g/mol. The summed E-state index contributed by atoms with van der Waals surface area (Å²) in [5.74, 6) is -1.17. The second kappa shape index (κ2) is 23.8. The van der Waals surface area contributed by atoms with E-state index in [1.54, 1.807) is 12.1 Å². The van der Waals surface area contributed by atoms with Gasteiger partial charge in [0.2, 0.25) is 0 Å². The molecular weight excluding hydrogens is 971 g/mol. The predicted molar refractivity (Wildman–Crippen MR) is 292 cm³/mol. The first kappa shape index (κ1) is 50.4. The number of benzene rings is 8. The molecule has 0 bridgehead atoms. The van der Waals surface area contributed by atoms with Gasteiger partial charge in [0, 0.05) is 39.7 Å². The molecule has 11 nitrogen and oxygen atoms in total. The SMILES string of the molecule is CC(=O)[O-].[Fe+3].[O-]c1ccccc1-c1cc(-c2ccccc2)n([BH-](n2nc(-c3ccccc3)cc2-c2ccccc2)n2nc(-c3ccccc3)cc2-c2ccccc2)n1.c1ccc(-c2cc(-c3ccccc3)[nH]n2)cc1. The van der Waals surface area contributed by atoms with Crippen molar-refractivity contribution in [3.8, 4) is 95.8 Å². The van der Waals surface area contributed by atoms with Crippen LogP contribution in [-0.4, -0.2) is 52.4 Å². The number of aromatic amines is 1. The van der Waals surface area contributed by atoms with Crippen molar-refractivity contribution in [1.29, 1.82) is 0 Å². The van der Waals surface area contributed by atoms with Crippen molar-refractivity contribution in [2.24, 2.45) is 0 Å². The van der Waals surface area contributed by atoms with Gasteiger partial charge in [-0.2, -0.15) is 5.10 Å². The zero-order valence-electron chi connectivity index (χ0n) is 40.7. The smallest absolute Gasteiger partial charge is 0.872 e. The van der Waals surface area contributed by atoms with Gasteiger partial charge in [-0.3, -0.25) is 5.10 Å². The maximum Gasteiger partial charge on any atom is 3.00 e. The average molecular weight is 1020 g/mol. The summed E-state index contributed by atoms with van der Waals surface area (Å²) < 4.78 is 6.23. The molecule has 4 heterocycles. The molecule has 4 aromatic heterocycles. The van der Waals surface area contributed by atoms with Crippen LogP contribution in [-0.2, 0) is 21.9 Å². The maximum atomic E-state index is 13.3. The summed E-state index contributed by atoms with van der Waals surface area (Å²) in [6.07, 6.45) is 0. The number of nitrogens with one attached hydrogen (secondary N) is 1. The number of nitrogens with zero attached hydrogens (tertiary/aromatic N) is 7. The fourth-order valence-electron chi connectivity index (χ4n) is 8.96. The zero-order chi connectivity index (χ0) is 50.6. The minimum Gasteiger partial charge on any atom is -0.872 e. The van der Waals surface area contributed by atoms with E-state index in [4.69, 9.17) is 25.2 Å². The molecule has 0 unspecified atom stereocenters. The Morgan fingerprint density at radius 1 is 0.400 bits per heavy atom. The van der Waals surface area contributed by atoms with Crippen molar-refractivity contribution >= 4 is 13.1 Å². The van der Waals surface area contributed by atoms with Crippen LogP contribution in [0.1, 0.15) is 6.92 Å². The Balaban J connectivity index is 0.000000261. The maximum absolute atomic E-state index is 13.3. The van der Waals surface area contributed by atoms with Crippen molar-refractivity contribution < 1.29 is 32.1 Å². The first-order valence-electron chi connectivity index (χ1n) is 24.2. The Morgan fingerprint density at radius 2 is 0.693 bits per heavy atom. The Kier molecular flexibility index (Phi) is 16.0. The molecule has 365 valence electrons. The Morgan fingerprint density at radius 3 is 1.07 bits per heavy atom. The van der Waals surface area contributed by atoms with E-state index in [9.17, 15) is 5.11 Å². The van der Waals surface area contributed by atoms with Gasteiger partial charge in [0.05, 0.1) is 28.5 Å². The number of carbonyl (C=O) groups excluding carboxylic acids is 1. The third-order valence-electron chi connectivity index (χ3n) is 12.4. The van der Waals surface area contributed by atoms with E-state index in [2.05, 4.69) is 123 Å². The van der Waals surface area contributed by atoms with Gasteiger partial charge in [0.25, 0.3) is 0 Å². The van der Waals surface area contributed by atoms with Crippen LogP contribution < -0.4 is 10.2 Å². The second-order valence-electron chi connectivity index (χ2n) is 17.4. The fraction of sp³-hybridized carbons (Fsp3) is 0.0161. The number of hydrogen-bond donors (Lipinski definition) is 1. The molecule has 0 aliphatic carbocycles. The zero-order valence-corrected chi connectivity index (χ0v) is 41.8. The molecule has 1 N–H and O–H groups in total. The van der Waals surface area contributed by atoms with Crippen LogP contribution in [0.25, 0.3) is 90.1 Å². The third-order valence-corrected chi connectivity index (χ3v) is 12.4. The van der Waals surface area contributed by atoms with Crippen LogP contribution in [0.5, 0.6) is 5.75 Å². The van der Waals surface area contributed by atoms with E-state index < -0.39 is 13.1 Å². The molecule has 12 rings (SSSR count). The topological polar surface area (TPSA) is 145 Å². The van der Waals surface area contributed by atoms with Crippen molar-refractivity contribution in [3.05, 3.63) is 261 Å². The number of para-hydroxylation sites is 1. The first-order chi connectivity index (χ1) is 36.4. The summed E-state index contributed by atoms with van der Waals surface area (Å²) in [4.78, 5) is 8.89. The number of H-pyrrole nitrogens is 1. The minimum absolute atomic E-state index is 0. The second-order valence-corrected chi connectivity index (χ2v) is 17.4. The summed E-state index contributed by atoms with van der Waals surface area (Å²) in [5, 5.41) is 45.8. The van der Waals surface area contributed by atoms with Gasteiger partial charge >= 0.3 is 24.2 Å². The molecule has 0 saturated carbocycles. The van der Waals surface area contributed by atoms with E-state index in [-0.39, 0.29) is 22.8 Å². The molecule has 13 heteroatoms. The van der Waals surface area contributed by atoms with Crippen molar-refractivity contribution in [3.63, 3.8) is 0 Å². The number of carboxylic acids is 1. The van der Waals surface area contributed by atoms with Gasteiger partial charge in [0.15, 0.2) is 0 Å². The van der Waals surface area contributed by atoms with Gasteiger partial charge < -0.3 is 28.8 Å². The molecular formula is C62H48BFeN8O3. The van der Waals surface area contributed by atoms with E-state index in [1.165, 1.54) is 0 Å². The molecule has 0 amide bonds. The molecule has 0 saturated heterocycles. The number of aromatic nitrogens is 8. The average Bonchev–Trinajstić information content (AvgIpc) is 4.31. The van der Waals surface area contributed by atoms with Crippen LogP contribution in [0.2, 0.25) is 0 Å². The molecule has 75 heavy (non-hydrogen) atoms. The predicted octanol–water partition coefficient (Wildman–Crippen LogP) is 11.5. The molecule has 8 aromatic carbocycles. The molecule has 1 radical (unpaired) electrons. The largest absolute Gasteiger partial charge is 3.00 e. The molecule has 0 fully saturated rings. The van der Waals surface area contributed by atoms with Crippen LogP contribution >= 0.6 is 0 Å². The number of rotatable bonds is 11. The van der Waals surface area contributed by atoms with E-state index in [0.717, 1.165) is 85.7 Å². The molecule has 0 spiro atoms. The normalized spacial score (nSPS) is 10.6. The number of carbonyl (C=O) groups is 1. The van der Waals surface area contributed by atoms with E-state index in [1.807, 2.05) is 150 Å². The van der Waals surface area contributed by atoms with Gasteiger partial charge in [-0.05, 0) is 59.0 Å². The molecule has 0 aliphatic rings. The Bertz CT molecular complexity index is 3540. The molecule has 0 aliphatic heterocycles. The summed E-state index contributed by atoms with van der Waals surface area (Å²) in [7, 11) is -2.07.